The van der Waals surface area contributed by atoms with Gasteiger partial charge < -0.3 is 0 Å². The standard InChI is InChI=1S/C5H3BrN4S3/c1-2-7-4(13-10-2)12-5-9-8-3(6)11-5/h1H3. The van der Waals surface area contributed by atoms with Gasteiger partial charge in [0.1, 0.15) is 5.82 Å². The zero-order chi connectivity index (χ0) is 9.26. The Morgan fingerprint density at radius 3 is 2.69 bits per heavy atom. The van der Waals surface area contributed by atoms with Gasteiger partial charge in [-0.3, -0.25) is 0 Å². The summed E-state index contributed by atoms with van der Waals surface area (Å²) in [5.74, 6) is 0.802. The maximum Gasteiger partial charge on any atom is 0.184 e. The summed E-state index contributed by atoms with van der Waals surface area (Å²) in [6, 6.07) is 0. The minimum absolute atomic E-state index is 0.788. The third-order valence-electron chi connectivity index (χ3n) is 1.07. The molecule has 0 fully saturated rings. The predicted octanol–water partition coefficient (Wildman–Crippen LogP) is 2.61. The number of hydrogen-bond acceptors (Lipinski definition) is 7. The van der Waals surface area contributed by atoms with Crippen molar-refractivity contribution < 1.29 is 0 Å². The molecule has 4 nitrogen and oxygen atoms in total. The lowest BCUT2D eigenvalue weighted by Gasteiger charge is -1.84. The Labute approximate surface area is 95.1 Å². The predicted molar refractivity (Wildman–Crippen MR) is 56.4 cm³/mol. The lowest BCUT2D eigenvalue weighted by Crippen LogP contribution is -1.73. The molecule has 2 aromatic heterocycles. The zero-order valence-corrected chi connectivity index (χ0v) is 10.4. The van der Waals surface area contributed by atoms with Gasteiger partial charge in [-0.25, -0.2) is 4.98 Å². The first-order valence-corrected chi connectivity index (χ1v) is 6.41. The fourth-order valence-corrected chi connectivity index (χ4v) is 3.93. The number of hydrogen-bond donors (Lipinski definition) is 0. The average Bonchev–Trinajstić information content (AvgIpc) is 2.62. The molecule has 0 radical (unpaired) electrons. The molecule has 2 rings (SSSR count). The van der Waals surface area contributed by atoms with E-state index in [2.05, 4.69) is 35.5 Å². The van der Waals surface area contributed by atoms with Crippen LogP contribution in [0.4, 0.5) is 0 Å². The van der Waals surface area contributed by atoms with Crippen LogP contribution >= 0.6 is 50.6 Å². The van der Waals surface area contributed by atoms with Crippen molar-refractivity contribution >= 4 is 50.6 Å². The zero-order valence-electron chi connectivity index (χ0n) is 6.39. The van der Waals surface area contributed by atoms with E-state index in [9.17, 15) is 0 Å². The van der Waals surface area contributed by atoms with Crippen molar-refractivity contribution in [3.05, 3.63) is 9.74 Å². The van der Waals surface area contributed by atoms with E-state index in [-0.39, 0.29) is 0 Å². The number of aryl methyl sites for hydroxylation is 1. The number of rotatable bonds is 2. The van der Waals surface area contributed by atoms with E-state index in [1.165, 1.54) is 34.6 Å². The SMILES string of the molecule is Cc1nsc(Sc2nnc(Br)s2)n1. The van der Waals surface area contributed by atoms with Gasteiger partial charge in [-0.05, 0) is 46.1 Å². The Bertz CT molecular complexity index is 373. The maximum absolute atomic E-state index is 4.21. The largest absolute Gasteiger partial charge is 0.213 e. The van der Waals surface area contributed by atoms with Crippen LogP contribution in [0.3, 0.4) is 0 Å². The van der Waals surface area contributed by atoms with Crippen molar-refractivity contribution in [3.63, 3.8) is 0 Å². The molecule has 0 unspecified atom stereocenters. The summed E-state index contributed by atoms with van der Waals surface area (Å²) < 4.78 is 6.64. The van der Waals surface area contributed by atoms with E-state index in [0.717, 1.165) is 18.4 Å². The van der Waals surface area contributed by atoms with Crippen LogP contribution in [-0.4, -0.2) is 19.6 Å². The molecule has 0 atom stereocenters. The lowest BCUT2D eigenvalue weighted by atomic mass is 10.8. The molecule has 8 heteroatoms. The van der Waals surface area contributed by atoms with E-state index in [0.29, 0.717) is 0 Å². The van der Waals surface area contributed by atoms with Gasteiger partial charge in [0, 0.05) is 0 Å². The molecule has 0 aliphatic heterocycles. The van der Waals surface area contributed by atoms with Gasteiger partial charge in [0.05, 0.1) is 0 Å². The first-order chi connectivity index (χ1) is 6.24. The molecule has 2 heterocycles. The van der Waals surface area contributed by atoms with Crippen LogP contribution in [0.15, 0.2) is 12.6 Å². The second-order valence-electron chi connectivity index (χ2n) is 2.03. The van der Waals surface area contributed by atoms with Crippen LogP contribution in [0.1, 0.15) is 5.82 Å². The molecule has 68 valence electrons. The van der Waals surface area contributed by atoms with Crippen molar-refractivity contribution in [1.29, 1.82) is 0 Å². The summed E-state index contributed by atoms with van der Waals surface area (Å²) >= 11 is 7.61. The van der Waals surface area contributed by atoms with Crippen LogP contribution in [-0.2, 0) is 0 Å². The van der Waals surface area contributed by atoms with Crippen LogP contribution in [0.5, 0.6) is 0 Å². The van der Waals surface area contributed by atoms with Gasteiger partial charge in [0.15, 0.2) is 12.6 Å². The van der Waals surface area contributed by atoms with Gasteiger partial charge in [-0.15, -0.1) is 10.2 Å². The van der Waals surface area contributed by atoms with E-state index in [4.69, 9.17) is 0 Å². The molecule has 0 bridgehead atoms. The fourth-order valence-electron chi connectivity index (χ4n) is 0.628. The normalized spacial score (nSPS) is 10.6. The Kier molecular flexibility index (Phi) is 2.92. The fraction of sp³-hybridized carbons (Fsp3) is 0.200. The molecule has 0 amide bonds. The van der Waals surface area contributed by atoms with Gasteiger partial charge in [0.2, 0.25) is 0 Å². The Morgan fingerprint density at radius 1 is 1.31 bits per heavy atom. The molecule has 0 spiro atoms. The van der Waals surface area contributed by atoms with E-state index >= 15 is 0 Å². The topological polar surface area (TPSA) is 51.6 Å². The molecular weight excluding hydrogens is 292 g/mol. The van der Waals surface area contributed by atoms with E-state index in [1.54, 1.807) is 0 Å². The highest BCUT2D eigenvalue weighted by Crippen LogP contribution is 2.32. The quantitative estimate of drug-likeness (QED) is 0.852. The Hall–Kier alpha value is -0.0500. The van der Waals surface area contributed by atoms with Crippen molar-refractivity contribution in [2.45, 2.75) is 15.6 Å². The molecule has 0 aliphatic carbocycles. The first kappa shape index (κ1) is 9.50. The third kappa shape index (κ3) is 2.46. The highest BCUT2D eigenvalue weighted by Gasteiger charge is 2.07. The van der Waals surface area contributed by atoms with Gasteiger partial charge >= 0.3 is 0 Å². The Morgan fingerprint density at radius 2 is 2.15 bits per heavy atom. The third-order valence-corrected chi connectivity index (χ3v) is 4.31. The number of nitrogens with zero attached hydrogens (tertiary/aromatic N) is 4. The molecule has 0 aromatic carbocycles. The molecule has 0 saturated heterocycles. The summed E-state index contributed by atoms with van der Waals surface area (Å²) in [5.41, 5.74) is 0. The summed E-state index contributed by atoms with van der Waals surface area (Å²) in [6.07, 6.45) is 0. The molecule has 0 N–H and O–H groups in total. The van der Waals surface area contributed by atoms with Crippen molar-refractivity contribution in [2.24, 2.45) is 0 Å². The summed E-state index contributed by atoms with van der Waals surface area (Å²) in [7, 11) is 0. The minimum atomic E-state index is 0.788. The molecular formula is C5H3BrN4S3. The summed E-state index contributed by atoms with van der Waals surface area (Å²) in [6.45, 7) is 1.87. The van der Waals surface area contributed by atoms with Crippen molar-refractivity contribution in [1.82, 2.24) is 19.6 Å². The first-order valence-electron chi connectivity index (χ1n) is 3.21. The molecule has 0 aliphatic rings. The highest BCUT2D eigenvalue weighted by atomic mass is 79.9. The number of halogens is 1. The minimum Gasteiger partial charge on any atom is -0.213 e. The second-order valence-corrected chi connectivity index (χ2v) is 6.53. The summed E-state index contributed by atoms with van der Waals surface area (Å²) in [5, 5.41) is 7.78. The van der Waals surface area contributed by atoms with Gasteiger partial charge in [-0.1, -0.05) is 11.3 Å². The maximum atomic E-state index is 4.21. The smallest absolute Gasteiger partial charge is 0.184 e. The van der Waals surface area contributed by atoms with Crippen LogP contribution in [0.25, 0.3) is 0 Å². The molecule has 13 heavy (non-hydrogen) atoms. The van der Waals surface area contributed by atoms with Crippen molar-refractivity contribution in [3.8, 4) is 0 Å². The second kappa shape index (κ2) is 3.99. The van der Waals surface area contributed by atoms with Crippen LogP contribution in [0, 0.1) is 6.92 Å². The van der Waals surface area contributed by atoms with Crippen molar-refractivity contribution in [2.75, 3.05) is 0 Å². The van der Waals surface area contributed by atoms with Crippen LogP contribution in [0.2, 0.25) is 0 Å². The number of aromatic nitrogens is 4. The van der Waals surface area contributed by atoms with Gasteiger partial charge in [0.25, 0.3) is 0 Å². The van der Waals surface area contributed by atoms with Gasteiger partial charge in [-0.2, -0.15) is 4.37 Å². The van der Waals surface area contributed by atoms with Crippen LogP contribution < -0.4 is 0 Å². The molecule has 0 saturated carbocycles. The lowest BCUT2D eigenvalue weighted by molar-refractivity contribution is 0.995. The van der Waals surface area contributed by atoms with E-state index in [1.807, 2.05) is 6.92 Å². The van der Waals surface area contributed by atoms with E-state index < -0.39 is 0 Å². The Balaban J connectivity index is 2.14. The monoisotopic (exact) mass is 294 g/mol. The summed E-state index contributed by atoms with van der Waals surface area (Å²) in [4.78, 5) is 4.21. The molecule has 2 aromatic rings. The average molecular weight is 295 g/mol. The highest BCUT2D eigenvalue weighted by molar-refractivity contribution is 9.11.